The van der Waals surface area contributed by atoms with Crippen molar-refractivity contribution in [1.29, 1.82) is 0 Å². The fraction of sp³-hybridized carbons (Fsp3) is 0.174. The van der Waals surface area contributed by atoms with E-state index in [-0.39, 0.29) is 12.4 Å². The van der Waals surface area contributed by atoms with E-state index in [0.717, 1.165) is 27.6 Å². The lowest BCUT2D eigenvalue weighted by atomic mass is 9.98. The molecule has 1 heterocycles. The molecule has 0 aliphatic rings. The van der Waals surface area contributed by atoms with Crippen molar-refractivity contribution >= 4 is 28.7 Å². The van der Waals surface area contributed by atoms with Crippen molar-refractivity contribution in [2.45, 2.75) is 20.8 Å². The smallest absolute Gasteiger partial charge is 0.331 e. The van der Waals surface area contributed by atoms with Gasteiger partial charge in [-0.2, -0.15) is 0 Å². The van der Waals surface area contributed by atoms with E-state index in [9.17, 15) is 9.59 Å². The van der Waals surface area contributed by atoms with Crippen LogP contribution in [0.2, 0.25) is 0 Å². The van der Waals surface area contributed by atoms with Crippen molar-refractivity contribution in [1.82, 2.24) is 4.98 Å². The Morgan fingerprint density at radius 2 is 1.70 bits per heavy atom. The van der Waals surface area contributed by atoms with Gasteiger partial charge in [-0.25, -0.2) is 9.78 Å². The molecule has 0 aliphatic carbocycles. The van der Waals surface area contributed by atoms with Crippen LogP contribution in [-0.4, -0.2) is 23.3 Å². The summed E-state index contributed by atoms with van der Waals surface area (Å²) in [7, 11) is 0. The number of esters is 1. The van der Waals surface area contributed by atoms with Gasteiger partial charge in [0.15, 0.2) is 6.61 Å². The van der Waals surface area contributed by atoms with E-state index in [1.54, 1.807) is 6.08 Å². The standard InChI is InChI=1S/C23H21NO3/c1-15-12-17(3)20(13-16(15)2)22(25)14-27-23(26)11-10-19-9-8-18-6-4-5-7-21(18)24-19/h4-13H,14H2,1-3H3/b11-10+. The monoisotopic (exact) mass is 359 g/mol. The summed E-state index contributed by atoms with van der Waals surface area (Å²) in [5.41, 5.74) is 5.15. The zero-order chi connectivity index (χ0) is 19.4. The number of benzene rings is 2. The molecule has 0 amide bonds. The SMILES string of the molecule is Cc1cc(C)c(C(=O)COC(=O)/C=C/c2ccc3ccccc3n2)cc1C. The van der Waals surface area contributed by atoms with Gasteiger partial charge in [-0.1, -0.05) is 30.3 Å². The molecule has 0 N–H and O–H groups in total. The number of carbonyl (C=O) groups is 2. The molecule has 0 saturated carbocycles. The number of nitrogens with zero attached hydrogens (tertiary/aromatic N) is 1. The Bertz CT molecular complexity index is 1050. The summed E-state index contributed by atoms with van der Waals surface area (Å²) in [5, 5.41) is 1.03. The van der Waals surface area contributed by atoms with E-state index >= 15 is 0 Å². The van der Waals surface area contributed by atoms with Crippen LogP contribution < -0.4 is 0 Å². The Morgan fingerprint density at radius 1 is 0.963 bits per heavy atom. The molecular weight excluding hydrogens is 338 g/mol. The minimum atomic E-state index is -0.570. The quantitative estimate of drug-likeness (QED) is 0.379. The second-order valence-corrected chi connectivity index (χ2v) is 6.54. The fourth-order valence-corrected chi connectivity index (χ4v) is 2.85. The molecule has 1 aromatic heterocycles. The van der Waals surface area contributed by atoms with Crippen molar-refractivity contribution in [3.63, 3.8) is 0 Å². The number of ether oxygens (including phenoxy) is 1. The van der Waals surface area contributed by atoms with Gasteiger partial charge in [0.1, 0.15) is 0 Å². The first-order valence-corrected chi connectivity index (χ1v) is 8.76. The van der Waals surface area contributed by atoms with Gasteiger partial charge >= 0.3 is 5.97 Å². The van der Waals surface area contributed by atoms with E-state index in [1.807, 2.05) is 69.3 Å². The first-order chi connectivity index (χ1) is 12.9. The Morgan fingerprint density at radius 3 is 2.52 bits per heavy atom. The highest BCUT2D eigenvalue weighted by Crippen LogP contribution is 2.16. The second-order valence-electron chi connectivity index (χ2n) is 6.54. The second kappa shape index (κ2) is 7.96. The number of pyridine rings is 1. The summed E-state index contributed by atoms with van der Waals surface area (Å²) < 4.78 is 5.09. The lowest BCUT2D eigenvalue weighted by Gasteiger charge is -2.09. The van der Waals surface area contributed by atoms with Crippen LogP contribution in [0.4, 0.5) is 0 Å². The highest BCUT2D eigenvalue weighted by molar-refractivity contribution is 6.00. The number of fused-ring (bicyclic) bond motifs is 1. The lowest BCUT2D eigenvalue weighted by molar-refractivity contribution is -0.136. The van der Waals surface area contributed by atoms with Crippen molar-refractivity contribution in [3.8, 4) is 0 Å². The van der Waals surface area contributed by atoms with Crippen molar-refractivity contribution in [3.05, 3.63) is 82.6 Å². The lowest BCUT2D eigenvalue weighted by Crippen LogP contribution is -2.14. The van der Waals surface area contributed by atoms with Gasteiger partial charge in [0, 0.05) is 17.0 Å². The summed E-state index contributed by atoms with van der Waals surface area (Å²) in [6, 6.07) is 15.3. The van der Waals surface area contributed by atoms with Crippen molar-refractivity contribution in [2.75, 3.05) is 6.61 Å². The Hall–Kier alpha value is -3.27. The first-order valence-electron chi connectivity index (χ1n) is 8.76. The summed E-state index contributed by atoms with van der Waals surface area (Å²) in [5.74, 6) is -0.777. The van der Waals surface area contributed by atoms with Gasteiger partial charge in [-0.3, -0.25) is 4.79 Å². The molecule has 4 nitrogen and oxygen atoms in total. The zero-order valence-electron chi connectivity index (χ0n) is 15.7. The molecule has 0 spiro atoms. The summed E-state index contributed by atoms with van der Waals surface area (Å²) in [6.45, 7) is 5.56. The maximum absolute atomic E-state index is 12.3. The van der Waals surface area contributed by atoms with E-state index < -0.39 is 5.97 Å². The number of aromatic nitrogens is 1. The van der Waals surface area contributed by atoms with Crippen LogP contribution in [0.1, 0.15) is 32.7 Å². The Kier molecular flexibility index (Phi) is 5.46. The van der Waals surface area contributed by atoms with E-state index in [4.69, 9.17) is 4.74 Å². The molecule has 3 rings (SSSR count). The van der Waals surface area contributed by atoms with Gasteiger partial charge in [-0.05, 0) is 61.7 Å². The molecule has 3 aromatic rings. The van der Waals surface area contributed by atoms with Gasteiger partial charge in [0.2, 0.25) is 5.78 Å². The van der Waals surface area contributed by atoms with Crippen LogP contribution in [0.5, 0.6) is 0 Å². The molecule has 2 aromatic carbocycles. The van der Waals surface area contributed by atoms with Crippen LogP contribution >= 0.6 is 0 Å². The molecule has 4 heteroatoms. The highest BCUT2D eigenvalue weighted by atomic mass is 16.5. The molecule has 0 radical (unpaired) electrons. The topological polar surface area (TPSA) is 56.3 Å². The largest absolute Gasteiger partial charge is 0.454 e. The van der Waals surface area contributed by atoms with Gasteiger partial charge in [0.25, 0.3) is 0 Å². The number of Topliss-reactive ketones (excluding diaryl/α,β-unsaturated/α-hetero) is 1. The molecule has 27 heavy (non-hydrogen) atoms. The minimum absolute atomic E-state index is 0.207. The molecular formula is C23H21NO3. The number of hydrogen-bond acceptors (Lipinski definition) is 4. The van der Waals surface area contributed by atoms with Crippen LogP contribution in [0.15, 0.2) is 54.6 Å². The number of rotatable bonds is 5. The maximum Gasteiger partial charge on any atom is 0.331 e. The maximum atomic E-state index is 12.3. The average Bonchev–Trinajstić information content (AvgIpc) is 2.67. The Balaban J connectivity index is 1.62. The van der Waals surface area contributed by atoms with Gasteiger partial charge < -0.3 is 4.74 Å². The van der Waals surface area contributed by atoms with Crippen molar-refractivity contribution < 1.29 is 14.3 Å². The van der Waals surface area contributed by atoms with Crippen LogP contribution in [-0.2, 0) is 9.53 Å². The van der Waals surface area contributed by atoms with E-state index in [1.165, 1.54) is 6.08 Å². The zero-order valence-corrected chi connectivity index (χ0v) is 15.7. The number of hydrogen-bond donors (Lipinski definition) is 0. The van der Waals surface area contributed by atoms with Crippen LogP contribution in [0.25, 0.3) is 17.0 Å². The van der Waals surface area contributed by atoms with Crippen molar-refractivity contribution in [2.24, 2.45) is 0 Å². The third kappa shape index (κ3) is 4.47. The fourth-order valence-electron chi connectivity index (χ4n) is 2.85. The third-order valence-electron chi connectivity index (χ3n) is 4.50. The predicted octanol–water partition coefficient (Wildman–Crippen LogP) is 4.60. The van der Waals surface area contributed by atoms with Gasteiger partial charge in [-0.15, -0.1) is 0 Å². The number of carbonyl (C=O) groups excluding carboxylic acids is 2. The summed E-state index contributed by atoms with van der Waals surface area (Å²) in [4.78, 5) is 28.7. The highest BCUT2D eigenvalue weighted by Gasteiger charge is 2.12. The van der Waals surface area contributed by atoms with Crippen LogP contribution in [0, 0.1) is 20.8 Å². The predicted molar refractivity (Wildman–Crippen MR) is 107 cm³/mol. The Labute approximate surface area is 158 Å². The minimum Gasteiger partial charge on any atom is -0.454 e. The van der Waals surface area contributed by atoms with E-state index in [2.05, 4.69) is 4.98 Å². The molecule has 0 unspecified atom stereocenters. The molecule has 0 saturated heterocycles. The molecule has 136 valence electrons. The molecule has 0 aliphatic heterocycles. The van der Waals surface area contributed by atoms with Gasteiger partial charge in [0.05, 0.1) is 11.2 Å². The third-order valence-corrected chi connectivity index (χ3v) is 4.50. The normalized spacial score (nSPS) is 11.1. The van der Waals surface area contributed by atoms with Crippen LogP contribution in [0.3, 0.4) is 0 Å². The molecule has 0 bridgehead atoms. The first kappa shape index (κ1) is 18.5. The molecule has 0 fully saturated rings. The number of ketones is 1. The summed E-state index contributed by atoms with van der Waals surface area (Å²) >= 11 is 0. The van der Waals surface area contributed by atoms with E-state index in [0.29, 0.717) is 11.3 Å². The molecule has 0 atom stereocenters. The average molecular weight is 359 g/mol. The number of aryl methyl sites for hydroxylation is 3. The summed E-state index contributed by atoms with van der Waals surface area (Å²) in [6.07, 6.45) is 2.87. The number of para-hydroxylation sites is 1.